The highest BCUT2D eigenvalue weighted by molar-refractivity contribution is 9.11. The lowest BCUT2D eigenvalue weighted by Gasteiger charge is -2.13. The second-order valence-electron chi connectivity index (χ2n) is 3.80. The first kappa shape index (κ1) is 14.8. The highest BCUT2D eigenvalue weighted by Crippen LogP contribution is 2.31. The predicted octanol–water partition coefficient (Wildman–Crippen LogP) is 5.24. The summed E-state index contributed by atoms with van der Waals surface area (Å²) < 4.78 is 1.90. The number of hydrogen-bond acceptors (Lipinski definition) is 2. The molecule has 0 aliphatic rings. The third-order valence-electron chi connectivity index (χ3n) is 2.44. The SMILES string of the molecule is NC(=S)c1ccc(Cl)cc1Nc1cc(Br)ccc1Br. The lowest BCUT2D eigenvalue weighted by atomic mass is 10.1. The summed E-state index contributed by atoms with van der Waals surface area (Å²) in [5, 5.41) is 3.89. The number of anilines is 2. The van der Waals surface area contributed by atoms with E-state index in [0.717, 1.165) is 25.9 Å². The van der Waals surface area contributed by atoms with Gasteiger partial charge in [-0.2, -0.15) is 0 Å². The van der Waals surface area contributed by atoms with Gasteiger partial charge in [-0.05, 0) is 52.3 Å². The molecule has 0 spiro atoms. The normalized spacial score (nSPS) is 10.3. The van der Waals surface area contributed by atoms with Crippen molar-refractivity contribution in [3.05, 3.63) is 55.9 Å². The van der Waals surface area contributed by atoms with E-state index in [1.165, 1.54) is 0 Å². The highest BCUT2D eigenvalue weighted by Gasteiger charge is 2.08. The summed E-state index contributed by atoms with van der Waals surface area (Å²) in [6.45, 7) is 0. The van der Waals surface area contributed by atoms with Crippen molar-refractivity contribution in [3.63, 3.8) is 0 Å². The standard InChI is InChI=1S/C13H9Br2ClN2S/c14-7-1-4-10(15)12(5-7)18-11-6-8(16)2-3-9(11)13(17)19/h1-6,18H,(H2,17,19). The molecule has 3 N–H and O–H groups in total. The van der Waals surface area contributed by atoms with Gasteiger partial charge in [0.25, 0.3) is 0 Å². The van der Waals surface area contributed by atoms with Gasteiger partial charge in [-0.3, -0.25) is 0 Å². The van der Waals surface area contributed by atoms with Gasteiger partial charge >= 0.3 is 0 Å². The fourth-order valence-corrected chi connectivity index (χ4v) is 2.63. The van der Waals surface area contributed by atoms with E-state index < -0.39 is 0 Å². The second kappa shape index (κ2) is 6.22. The van der Waals surface area contributed by atoms with E-state index >= 15 is 0 Å². The van der Waals surface area contributed by atoms with Gasteiger partial charge < -0.3 is 11.1 Å². The van der Waals surface area contributed by atoms with Crippen LogP contribution in [0.2, 0.25) is 5.02 Å². The predicted molar refractivity (Wildman–Crippen MR) is 92.5 cm³/mol. The Bertz CT molecular complexity index is 647. The van der Waals surface area contributed by atoms with Crippen molar-refractivity contribution >= 4 is 72.0 Å². The molecular formula is C13H9Br2ClN2S. The Kier molecular flexibility index (Phi) is 4.84. The summed E-state index contributed by atoms with van der Waals surface area (Å²) in [5.74, 6) is 0. The lowest BCUT2D eigenvalue weighted by Crippen LogP contribution is -2.12. The number of hydrogen-bond donors (Lipinski definition) is 2. The lowest BCUT2D eigenvalue weighted by molar-refractivity contribution is 1.49. The highest BCUT2D eigenvalue weighted by atomic mass is 79.9. The summed E-state index contributed by atoms with van der Waals surface area (Å²) in [7, 11) is 0. The molecule has 0 unspecified atom stereocenters. The molecule has 0 saturated heterocycles. The Morgan fingerprint density at radius 2 is 1.84 bits per heavy atom. The van der Waals surface area contributed by atoms with E-state index in [-0.39, 0.29) is 0 Å². The molecule has 0 aromatic heterocycles. The Morgan fingerprint density at radius 3 is 2.53 bits per heavy atom. The minimum Gasteiger partial charge on any atom is -0.389 e. The smallest absolute Gasteiger partial charge is 0.106 e. The average molecular weight is 421 g/mol. The van der Waals surface area contributed by atoms with E-state index in [4.69, 9.17) is 29.6 Å². The third kappa shape index (κ3) is 3.69. The molecule has 19 heavy (non-hydrogen) atoms. The van der Waals surface area contributed by atoms with Gasteiger partial charge in [-0.25, -0.2) is 0 Å². The first-order valence-corrected chi connectivity index (χ1v) is 7.66. The van der Waals surface area contributed by atoms with Gasteiger partial charge in [0.15, 0.2) is 0 Å². The molecule has 0 aliphatic heterocycles. The molecule has 0 atom stereocenters. The summed E-state index contributed by atoms with van der Waals surface area (Å²) in [5.41, 5.74) is 8.14. The second-order valence-corrected chi connectivity index (χ2v) is 6.45. The molecule has 0 amide bonds. The van der Waals surface area contributed by atoms with Crippen molar-refractivity contribution in [1.29, 1.82) is 0 Å². The van der Waals surface area contributed by atoms with Crippen LogP contribution in [-0.4, -0.2) is 4.99 Å². The van der Waals surface area contributed by atoms with Gasteiger partial charge in [0.1, 0.15) is 4.99 Å². The molecule has 0 saturated carbocycles. The van der Waals surface area contributed by atoms with Gasteiger partial charge in [-0.1, -0.05) is 39.7 Å². The Labute approximate surface area is 138 Å². The molecule has 6 heteroatoms. The largest absolute Gasteiger partial charge is 0.389 e. The fraction of sp³-hybridized carbons (Fsp3) is 0. The third-order valence-corrected chi connectivity index (χ3v) is 4.08. The van der Waals surface area contributed by atoms with Gasteiger partial charge in [0.05, 0.1) is 11.4 Å². The van der Waals surface area contributed by atoms with E-state index in [1.54, 1.807) is 18.2 Å². The molecule has 2 aromatic carbocycles. The van der Waals surface area contributed by atoms with Crippen molar-refractivity contribution in [2.24, 2.45) is 5.73 Å². The van der Waals surface area contributed by atoms with Crippen LogP contribution in [0.5, 0.6) is 0 Å². The first-order chi connectivity index (χ1) is 8.97. The van der Waals surface area contributed by atoms with Gasteiger partial charge in [0.2, 0.25) is 0 Å². The molecule has 2 nitrogen and oxygen atoms in total. The van der Waals surface area contributed by atoms with E-state index in [2.05, 4.69) is 37.2 Å². The molecule has 2 aromatic rings. The van der Waals surface area contributed by atoms with Gasteiger partial charge in [0, 0.05) is 19.5 Å². The maximum absolute atomic E-state index is 6.01. The molecule has 98 valence electrons. The maximum atomic E-state index is 6.01. The van der Waals surface area contributed by atoms with Crippen LogP contribution in [0, 0.1) is 0 Å². The van der Waals surface area contributed by atoms with Crippen LogP contribution in [0.15, 0.2) is 45.3 Å². The van der Waals surface area contributed by atoms with Crippen LogP contribution >= 0.6 is 55.7 Å². The zero-order valence-electron chi connectivity index (χ0n) is 9.58. The van der Waals surface area contributed by atoms with Crippen LogP contribution in [0.1, 0.15) is 5.56 Å². The first-order valence-electron chi connectivity index (χ1n) is 5.29. The van der Waals surface area contributed by atoms with Crippen molar-refractivity contribution in [2.45, 2.75) is 0 Å². The van der Waals surface area contributed by atoms with Gasteiger partial charge in [-0.15, -0.1) is 0 Å². The zero-order valence-corrected chi connectivity index (χ0v) is 14.3. The van der Waals surface area contributed by atoms with Crippen LogP contribution in [0.25, 0.3) is 0 Å². The summed E-state index contributed by atoms with van der Waals surface area (Å²) >= 11 is 18.0. The average Bonchev–Trinajstić information content (AvgIpc) is 2.33. The molecule has 0 fully saturated rings. The van der Waals surface area contributed by atoms with Crippen LogP contribution in [0.4, 0.5) is 11.4 Å². The number of nitrogens with two attached hydrogens (primary N) is 1. The summed E-state index contributed by atoms with van der Waals surface area (Å²) in [4.78, 5) is 0.324. The summed E-state index contributed by atoms with van der Waals surface area (Å²) in [6, 6.07) is 11.2. The number of thiocarbonyl (C=S) groups is 1. The quantitative estimate of drug-likeness (QED) is 0.667. The number of benzene rings is 2. The maximum Gasteiger partial charge on any atom is 0.106 e. The minimum atomic E-state index is 0.324. The van der Waals surface area contributed by atoms with Crippen LogP contribution in [-0.2, 0) is 0 Å². The number of halogens is 3. The van der Waals surface area contributed by atoms with Crippen molar-refractivity contribution in [2.75, 3.05) is 5.32 Å². The molecule has 0 bridgehead atoms. The zero-order chi connectivity index (χ0) is 14.0. The number of rotatable bonds is 3. The van der Waals surface area contributed by atoms with Crippen molar-refractivity contribution in [1.82, 2.24) is 0 Å². The Balaban J connectivity index is 2.45. The molecule has 0 aliphatic carbocycles. The fourth-order valence-electron chi connectivity index (χ4n) is 1.57. The van der Waals surface area contributed by atoms with Crippen molar-refractivity contribution < 1.29 is 0 Å². The Hall–Kier alpha value is -0.620. The van der Waals surface area contributed by atoms with E-state index in [0.29, 0.717) is 10.0 Å². The van der Waals surface area contributed by atoms with Crippen molar-refractivity contribution in [3.8, 4) is 0 Å². The molecule has 0 heterocycles. The topological polar surface area (TPSA) is 38.0 Å². The van der Waals surface area contributed by atoms with Crippen LogP contribution < -0.4 is 11.1 Å². The summed E-state index contributed by atoms with van der Waals surface area (Å²) in [6.07, 6.45) is 0. The monoisotopic (exact) mass is 418 g/mol. The van der Waals surface area contributed by atoms with E-state index in [1.807, 2.05) is 18.2 Å². The molecule has 0 radical (unpaired) electrons. The van der Waals surface area contributed by atoms with E-state index in [9.17, 15) is 0 Å². The minimum absolute atomic E-state index is 0.324. The van der Waals surface area contributed by atoms with Crippen LogP contribution in [0.3, 0.4) is 0 Å². The number of nitrogens with one attached hydrogen (secondary N) is 1. The molecular weight excluding hydrogens is 411 g/mol. The Morgan fingerprint density at radius 1 is 1.11 bits per heavy atom. The molecule has 2 rings (SSSR count).